The maximum atomic E-state index is 10.9. The fraction of sp³-hybridized carbons (Fsp3) is 0.417. The van der Waals surface area contributed by atoms with Gasteiger partial charge < -0.3 is 15.6 Å². The van der Waals surface area contributed by atoms with Gasteiger partial charge in [0.25, 0.3) is 0 Å². The summed E-state index contributed by atoms with van der Waals surface area (Å²) < 4.78 is 5.18. The van der Waals surface area contributed by atoms with Crippen LogP contribution in [0.5, 0.6) is 5.75 Å². The van der Waals surface area contributed by atoms with Crippen molar-refractivity contribution in [2.45, 2.75) is 25.3 Å². The van der Waals surface area contributed by atoms with E-state index in [-0.39, 0.29) is 0 Å². The summed E-state index contributed by atoms with van der Waals surface area (Å²) in [4.78, 5) is 10.9. The van der Waals surface area contributed by atoms with E-state index < -0.39 is 11.5 Å². The average molecular weight is 258 g/mol. The number of halogens is 1. The highest BCUT2D eigenvalue weighted by Crippen LogP contribution is 2.25. The van der Waals surface area contributed by atoms with Gasteiger partial charge in [0.05, 0.1) is 7.11 Å². The molecule has 0 amide bonds. The topological polar surface area (TPSA) is 72.5 Å². The van der Waals surface area contributed by atoms with Crippen LogP contribution < -0.4 is 10.5 Å². The van der Waals surface area contributed by atoms with Gasteiger partial charge in [0, 0.05) is 5.02 Å². The Morgan fingerprint density at radius 2 is 2.24 bits per heavy atom. The molecule has 0 spiro atoms. The number of ether oxygens (including phenoxy) is 1. The van der Waals surface area contributed by atoms with Crippen LogP contribution in [0, 0.1) is 0 Å². The molecule has 1 aromatic rings. The second-order valence-electron chi connectivity index (χ2n) is 4.18. The Kier molecular flexibility index (Phi) is 4.37. The van der Waals surface area contributed by atoms with Crippen LogP contribution in [-0.4, -0.2) is 23.7 Å². The third kappa shape index (κ3) is 3.61. The average Bonchev–Trinajstić information content (AvgIpc) is 2.26. The summed E-state index contributed by atoms with van der Waals surface area (Å²) in [6.45, 7) is 1.49. The molecular weight excluding hydrogens is 242 g/mol. The van der Waals surface area contributed by atoms with Crippen molar-refractivity contribution in [3.05, 3.63) is 28.8 Å². The van der Waals surface area contributed by atoms with Crippen LogP contribution in [0.25, 0.3) is 0 Å². The van der Waals surface area contributed by atoms with Gasteiger partial charge >= 0.3 is 5.97 Å². The third-order valence-electron chi connectivity index (χ3n) is 2.64. The smallest absolute Gasteiger partial charge is 0.323 e. The first-order valence-corrected chi connectivity index (χ1v) is 5.59. The zero-order valence-electron chi connectivity index (χ0n) is 9.87. The molecule has 3 N–H and O–H groups in total. The van der Waals surface area contributed by atoms with E-state index in [2.05, 4.69) is 0 Å². The predicted octanol–water partition coefficient (Wildman–Crippen LogP) is 2.08. The number of carbonyl (C=O) groups is 1. The Hall–Kier alpha value is -1.26. The number of benzene rings is 1. The van der Waals surface area contributed by atoms with Gasteiger partial charge in [0.2, 0.25) is 0 Å². The molecule has 1 rings (SSSR count). The number of hydrogen-bond donors (Lipinski definition) is 2. The third-order valence-corrected chi connectivity index (χ3v) is 2.88. The lowest BCUT2D eigenvalue weighted by Gasteiger charge is -2.19. The van der Waals surface area contributed by atoms with Gasteiger partial charge in [-0.2, -0.15) is 0 Å². The number of carboxylic acids is 1. The first-order valence-electron chi connectivity index (χ1n) is 5.21. The zero-order chi connectivity index (χ0) is 13.1. The zero-order valence-corrected chi connectivity index (χ0v) is 10.6. The number of hydrogen-bond acceptors (Lipinski definition) is 3. The van der Waals surface area contributed by atoms with Crippen molar-refractivity contribution in [2.75, 3.05) is 7.11 Å². The molecule has 0 saturated heterocycles. The Bertz CT molecular complexity index is 418. The molecule has 0 radical (unpaired) electrons. The molecule has 0 bridgehead atoms. The number of nitrogens with two attached hydrogens (primary N) is 1. The van der Waals surface area contributed by atoms with E-state index in [0.717, 1.165) is 5.56 Å². The van der Waals surface area contributed by atoms with Crippen molar-refractivity contribution in [3.63, 3.8) is 0 Å². The quantitative estimate of drug-likeness (QED) is 0.847. The number of aliphatic carboxylic acids is 1. The summed E-state index contributed by atoms with van der Waals surface area (Å²) >= 11 is 5.88. The standard InChI is InChI=1S/C12H16ClNO3/c1-12(14,11(15)16)6-5-8-7-9(13)3-4-10(8)17-2/h3-4,7H,5-6,14H2,1-2H3,(H,15,16). The van der Waals surface area contributed by atoms with Gasteiger partial charge in [-0.15, -0.1) is 0 Å². The lowest BCUT2D eigenvalue weighted by atomic mass is 9.94. The molecule has 0 aliphatic heterocycles. The number of methoxy groups -OCH3 is 1. The highest BCUT2D eigenvalue weighted by atomic mass is 35.5. The van der Waals surface area contributed by atoms with E-state index in [0.29, 0.717) is 23.6 Å². The monoisotopic (exact) mass is 257 g/mol. The SMILES string of the molecule is COc1ccc(Cl)cc1CCC(C)(N)C(=O)O. The van der Waals surface area contributed by atoms with E-state index in [4.69, 9.17) is 27.2 Å². The van der Waals surface area contributed by atoms with Crippen LogP contribution in [0.15, 0.2) is 18.2 Å². The van der Waals surface area contributed by atoms with Crippen molar-refractivity contribution in [3.8, 4) is 5.75 Å². The van der Waals surface area contributed by atoms with Crippen LogP contribution in [0.3, 0.4) is 0 Å². The lowest BCUT2D eigenvalue weighted by molar-refractivity contribution is -0.142. The maximum absolute atomic E-state index is 10.9. The minimum Gasteiger partial charge on any atom is -0.496 e. The van der Waals surface area contributed by atoms with E-state index in [1.165, 1.54) is 6.92 Å². The molecule has 0 aliphatic carbocycles. The molecule has 0 heterocycles. The molecule has 1 unspecified atom stereocenters. The molecule has 0 aromatic heterocycles. The van der Waals surface area contributed by atoms with Gasteiger partial charge in [-0.25, -0.2) is 0 Å². The minimum absolute atomic E-state index is 0.318. The summed E-state index contributed by atoms with van der Waals surface area (Å²) in [5.41, 5.74) is 5.28. The number of aryl methyl sites for hydroxylation is 1. The first kappa shape index (κ1) is 13.8. The van der Waals surface area contributed by atoms with E-state index in [1.807, 2.05) is 0 Å². The van der Waals surface area contributed by atoms with Crippen molar-refractivity contribution in [2.24, 2.45) is 5.73 Å². The molecule has 1 aromatic carbocycles. The highest BCUT2D eigenvalue weighted by Gasteiger charge is 2.27. The highest BCUT2D eigenvalue weighted by molar-refractivity contribution is 6.30. The summed E-state index contributed by atoms with van der Waals surface area (Å²) in [6.07, 6.45) is 0.821. The molecule has 5 heteroatoms. The molecule has 17 heavy (non-hydrogen) atoms. The number of rotatable bonds is 5. The lowest BCUT2D eigenvalue weighted by Crippen LogP contribution is -2.45. The predicted molar refractivity (Wildman–Crippen MR) is 66.6 cm³/mol. The summed E-state index contributed by atoms with van der Waals surface area (Å²) in [7, 11) is 1.56. The summed E-state index contributed by atoms with van der Waals surface area (Å²) in [5.74, 6) is -0.325. The Labute approximate surface area is 105 Å². The van der Waals surface area contributed by atoms with Gasteiger partial charge in [0.1, 0.15) is 11.3 Å². The second-order valence-corrected chi connectivity index (χ2v) is 4.62. The van der Waals surface area contributed by atoms with Gasteiger partial charge in [-0.1, -0.05) is 11.6 Å². The Morgan fingerprint density at radius 3 is 2.76 bits per heavy atom. The fourth-order valence-corrected chi connectivity index (χ4v) is 1.64. The van der Waals surface area contributed by atoms with Crippen molar-refractivity contribution in [1.82, 2.24) is 0 Å². The van der Waals surface area contributed by atoms with Crippen LogP contribution in [0.1, 0.15) is 18.9 Å². The number of carboxylic acid groups (broad SMARTS) is 1. The van der Waals surface area contributed by atoms with Gasteiger partial charge in [-0.05, 0) is 43.5 Å². The van der Waals surface area contributed by atoms with E-state index in [9.17, 15) is 4.79 Å². The van der Waals surface area contributed by atoms with Gasteiger partial charge in [-0.3, -0.25) is 4.79 Å². The Morgan fingerprint density at radius 1 is 1.59 bits per heavy atom. The molecule has 1 atom stereocenters. The van der Waals surface area contributed by atoms with Crippen molar-refractivity contribution in [1.29, 1.82) is 0 Å². The van der Waals surface area contributed by atoms with Crippen molar-refractivity contribution >= 4 is 17.6 Å². The molecule has 94 valence electrons. The first-order chi connectivity index (χ1) is 7.86. The molecule has 0 saturated carbocycles. The van der Waals surface area contributed by atoms with E-state index in [1.54, 1.807) is 25.3 Å². The molecule has 0 fully saturated rings. The minimum atomic E-state index is -1.24. The normalized spacial score (nSPS) is 14.1. The van der Waals surface area contributed by atoms with E-state index >= 15 is 0 Å². The van der Waals surface area contributed by atoms with Crippen LogP contribution in [0.4, 0.5) is 0 Å². The molecule has 4 nitrogen and oxygen atoms in total. The summed E-state index contributed by atoms with van der Waals surface area (Å²) in [5, 5.41) is 9.51. The largest absolute Gasteiger partial charge is 0.496 e. The second kappa shape index (κ2) is 5.38. The summed E-state index contributed by atoms with van der Waals surface area (Å²) in [6, 6.07) is 5.24. The molecule has 0 aliphatic rings. The van der Waals surface area contributed by atoms with Gasteiger partial charge in [0.15, 0.2) is 0 Å². The van der Waals surface area contributed by atoms with Crippen LogP contribution in [-0.2, 0) is 11.2 Å². The van der Waals surface area contributed by atoms with Crippen LogP contribution in [0.2, 0.25) is 5.02 Å². The fourth-order valence-electron chi connectivity index (χ4n) is 1.44. The molecular formula is C12H16ClNO3. The van der Waals surface area contributed by atoms with Crippen molar-refractivity contribution < 1.29 is 14.6 Å². The van der Waals surface area contributed by atoms with Crippen LogP contribution >= 0.6 is 11.6 Å². The Balaban J connectivity index is 2.81. The maximum Gasteiger partial charge on any atom is 0.323 e.